The second-order valence-corrected chi connectivity index (χ2v) is 8.64. The fourth-order valence-corrected chi connectivity index (χ4v) is 4.30. The van der Waals surface area contributed by atoms with Crippen LogP contribution in [0.4, 0.5) is 13.2 Å². The van der Waals surface area contributed by atoms with Gasteiger partial charge in [-0.3, -0.25) is 4.79 Å². The summed E-state index contributed by atoms with van der Waals surface area (Å²) in [5, 5.41) is 12.8. The predicted octanol–water partition coefficient (Wildman–Crippen LogP) is 4.88. The lowest BCUT2D eigenvalue weighted by atomic mass is 9.69. The van der Waals surface area contributed by atoms with E-state index in [4.69, 9.17) is 0 Å². The molecule has 4 rings (SSSR count). The second-order valence-electron chi connectivity index (χ2n) is 8.64. The van der Waals surface area contributed by atoms with Crippen LogP contribution < -0.4 is 5.32 Å². The Balaban J connectivity index is 1.65. The minimum Gasteiger partial charge on any atom is -0.394 e. The molecular formula is C24H25F3N2O2. The molecule has 1 amide bonds. The molecule has 0 radical (unpaired) electrons. The zero-order valence-corrected chi connectivity index (χ0v) is 17.4. The molecule has 1 aliphatic rings. The lowest BCUT2D eigenvalue weighted by Gasteiger charge is -2.36. The van der Waals surface area contributed by atoms with E-state index in [1.807, 2.05) is 13.8 Å². The first-order valence-electron chi connectivity index (χ1n) is 10.5. The average molecular weight is 430 g/mol. The average Bonchev–Trinajstić information content (AvgIpc) is 3.05. The van der Waals surface area contributed by atoms with Gasteiger partial charge >= 0.3 is 0 Å². The van der Waals surface area contributed by atoms with E-state index in [0.717, 1.165) is 11.6 Å². The van der Waals surface area contributed by atoms with Crippen molar-refractivity contribution < 1.29 is 23.1 Å². The van der Waals surface area contributed by atoms with Crippen molar-refractivity contribution in [1.29, 1.82) is 0 Å². The van der Waals surface area contributed by atoms with Crippen molar-refractivity contribution in [2.24, 2.45) is 11.8 Å². The number of aliphatic hydroxyl groups excluding tert-OH is 1. The molecule has 4 nitrogen and oxygen atoms in total. The summed E-state index contributed by atoms with van der Waals surface area (Å²) in [6.07, 6.45) is 1.06. The van der Waals surface area contributed by atoms with Crippen LogP contribution in [0, 0.1) is 29.3 Å². The summed E-state index contributed by atoms with van der Waals surface area (Å²) >= 11 is 0. The number of hydrogen-bond donors (Lipinski definition) is 3. The Labute approximate surface area is 178 Å². The molecule has 0 saturated heterocycles. The number of hydrogen-bond acceptors (Lipinski definition) is 2. The van der Waals surface area contributed by atoms with E-state index in [1.165, 1.54) is 18.2 Å². The number of benzene rings is 2. The minimum absolute atomic E-state index is 0.0719. The van der Waals surface area contributed by atoms with Crippen molar-refractivity contribution in [1.82, 2.24) is 10.3 Å². The molecule has 7 heteroatoms. The van der Waals surface area contributed by atoms with Crippen LogP contribution in [0.25, 0.3) is 22.2 Å². The largest absolute Gasteiger partial charge is 0.394 e. The summed E-state index contributed by atoms with van der Waals surface area (Å²) in [4.78, 5) is 15.6. The number of rotatable bonds is 6. The first-order valence-corrected chi connectivity index (χ1v) is 10.5. The van der Waals surface area contributed by atoms with Gasteiger partial charge in [-0.05, 0) is 66.1 Å². The molecule has 1 saturated carbocycles. The maximum absolute atomic E-state index is 14.4. The Morgan fingerprint density at radius 1 is 1.13 bits per heavy atom. The van der Waals surface area contributed by atoms with Gasteiger partial charge in [0.05, 0.1) is 23.9 Å². The van der Waals surface area contributed by atoms with E-state index in [9.17, 15) is 23.1 Å². The lowest BCUT2D eigenvalue weighted by Crippen LogP contribution is -2.46. The van der Waals surface area contributed by atoms with Crippen LogP contribution in [0.15, 0.2) is 36.4 Å². The summed E-state index contributed by atoms with van der Waals surface area (Å²) in [6.45, 7) is 3.72. The Kier molecular flexibility index (Phi) is 5.79. The van der Waals surface area contributed by atoms with Crippen LogP contribution in [-0.4, -0.2) is 28.6 Å². The quantitative estimate of drug-likeness (QED) is 0.522. The monoisotopic (exact) mass is 430 g/mol. The Hall–Kier alpha value is -2.80. The van der Waals surface area contributed by atoms with Crippen LogP contribution in [0.3, 0.4) is 0 Å². The Morgan fingerprint density at radius 2 is 1.81 bits per heavy atom. The number of aromatic nitrogens is 1. The van der Waals surface area contributed by atoms with Crippen LogP contribution >= 0.6 is 0 Å². The van der Waals surface area contributed by atoms with Crippen LogP contribution in [0.2, 0.25) is 0 Å². The van der Waals surface area contributed by atoms with Gasteiger partial charge in [-0.2, -0.15) is 0 Å². The van der Waals surface area contributed by atoms with Gasteiger partial charge in [0.1, 0.15) is 17.5 Å². The molecule has 1 atom stereocenters. The van der Waals surface area contributed by atoms with Crippen LogP contribution in [0.5, 0.6) is 0 Å². The highest BCUT2D eigenvalue weighted by Crippen LogP contribution is 2.48. The van der Waals surface area contributed by atoms with Crippen LogP contribution in [0.1, 0.15) is 38.2 Å². The van der Waals surface area contributed by atoms with Gasteiger partial charge in [0.2, 0.25) is 5.91 Å². The second kappa shape index (κ2) is 8.38. The Morgan fingerprint density at radius 3 is 2.42 bits per heavy atom. The molecular weight excluding hydrogens is 405 g/mol. The number of fused-ring (bicyclic) bond motifs is 1. The minimum atomic E-state index is -0.694. The van der Waals surface area contributed by atoms with Crippen molar-refractivity contribution in [3.05, 3.63) is 59.4 Å². The van der Waals surface area contributed by atoms with E-state index in [2.05, 4.69) is 10.3 Å². The molecule has 0 spiro atoms. The van der Waals surface area contributed by atoms with Gasteiger partial charge in [0.15, 0.2) is 0 Å². The molecule has 1 unspecified atom stereocenters. The fraction of sp³-hybridized carbons (Fsp3) is 0.375. The zero-order chi connectivity index (χ0) is 22.3. The first-order chi connectivity index (χ1) is 14.8. The highest BCUT2D eigenvalue weighted by molar-refractivity contribution is 5.92. The molecule has 1 aromatic heterocycles. The topological polar surface area (TPSA) is 65.1 Å². The highest BCUT2D eigenvalue weighted by Gasteiger charge is 2.39. The van der Waals surface area contributed by atoms with E-state index < -0.39 is 11.6 Å². The molecule has 2 aromatic carbocycles. The smallest absolute Gasteiger partial charge is 0.223 e. The molecule has 1 fully saturated rings. The van der Waals surface area contributed by atoms with Crippen LogP contribution in [-0.2, 0) is 4.79 Å². The molecule has 1 aliphatic carbocycles. The van der Waals surface area contributed by atoms with Gasteiger partial charge in [0, 0.05) is 17.4 Å². The number of halogens is 3. The number of aromatic amines is 1. The lowest BCUT2D eigenvalue weighted by molar-refractivity contribution is -0.129. The number of carbonyl (C=O) groups is 1. The number of H-pyrrole nitrogens is 1. The number of aliphatic hydroxyl groups is 1. The number of nitrogens with one attached hydrogen (secondary N) is 2. The van der Waals surface area contributed by atoms with Gasteiger partial charge in [-0.25, -0.2) is 13.2 Å². The van der Waals surface area contributed by atoms with Crippen molar-refractivity contribution in [2.75, 3.05) is 6.61 Å². The third-order valence-corrected chi connectivity index (χ3v) is 6.24. The van der Waals surface area contributed by atoms with E-state index in [0.29, 0.717) is 29.5 Å². The summed E-state index contributed by atoms with van der Waals surface area (Å²) in [5.74, 6) is -2.07. The molecule has 3 N–H and O–H groups in total. The van der Waals surface area contributed by atoms with Crippen molar-refractivity contribution in [3.8, 4) is 11.3 Å². The summed E-state index contributed by atoms with van der Waals surface area (Å²) in [5.41, 5.74) is 2.22. The molecule has 3 aromatic rings. The van der Waals surface area contributed by atoms with Crippen molar-refractivity contribution >= 4 is 16.8 Å². The fourth-order valence-electron chi connectivity index (χ4n) is 4.30. The summed E-state index contributed by atoms with van der Waals surface area (Å²) in [7, 11) is 0. The van der Waals surface area contributed by atoms with E-state index in [-0.39, 0.29) is 47.6 Å². The molecule has 164 valence electrons. The normalized spacial score (nSPS) is 19.5. The SMILES string of the molecule is CC(C)C(CO)NC(=O)C1CC(c2c(-c3ccc(F)cc3)[nH]c3c(F)cc(F)cc23)C1. The molecule has 0 aliphatic heterocycles. The van der Waals surface area contributed by atoms with Crippen molar-refractivity contribution in [3.63, 3.8) is 0 Å². The Bertz CT molecular complexity index is 1100. The number of carbonyl (C=O) groups excluding carboxylic acids is 1. The van der Waals surface area contributed by atoms with Gasteiger partial charge in [-0.1, -0.05) is 13.8 Å². The van der Waals surface area contributed by atoms with Gasteiger partial charge in [-0.15, -0.1) is 0 Å². The summed E-state index contributed by atoms with van der Waals surface area (Å²) in [6, 6.07) is 7.64. The first kappa shape index (κ1) is 21.4. The predicted molar refractivity (Wildman–Crippen MR) is 113 cm³/mol. The maximum Gasteiger partial charge on any atom is 0.223 e. The zero-order valence-electron chi connectivity index (χ0n) is 17.4. The van der Waals surface area contributed by atoms with Crippen molar-refractivity contribution in [2.45, 2.75) is 38.6 Å². The third kappa shape index (κ3) is 4.06. The molecule has 1 heterocycles. The van der Waals surface area contributed by atoms with E-state index in [1.54, 1.807) is 12.1 Å². The van der Waals surface area contributed by atoms with Gasteiger partial charge < -0.3 is 15.4 Å². The molecule has 0 bridgehead atoms. The number of amides is 1. The summed E-state index contributed by atoms with van der Waals surface area (Å²) < 4.78 is 41.9. The van der Waals surface area contributed by atoms with Gasteiger partial charge in [0.25, 0.3) is 0 Å². The molecule has 31 heavy (non-hydrogen) atoms. The standard InChI is InChI=1S/C24H25F3N2O2/c1-12(2)20(11-30)28-24(31)15-7-14(8-15)21-18-9-17(26)10-19(27)23(18)29-22(21)13-3-5-16(25)6-4-13/h3-6,9-10,12,14-15,20,29-30H,7-8,11H2,1-2H3,(H,28,31). The highest BCUT2D eigenvalue weighted by atomic mass is 19.1. The maximum atomic E-state index is 14.4. The van der Waals surface area contributed by atoms with E-state index >= 15 is 0 Å². The third-order valence-electron chi connectivity index (χ3n) is 6.24.